The summed E-state index contributed by atoms with van der Waals surface area (Å²) in [5.41, 5.74) is 0. The Morgan fingerprint density at radius 2 is 2.33 bits per heavy atom. The average Bonchev–Trinajstić information content (AvgIpc) is 2.50. The molecular weight excluding hydrogens is 192 g/mol. The van der Waals surface area contributed by atoms with Crippen molar-refractivity contribution in [1.29, 1.82) is 0 Å². The van der Waals surface area contributed by atoms with E-state index in [4.69, 9.17) is 0 Å². The highest BCUT2D eigenvalue weighted by atomic mass is 16.4. The van der Waals surface area contributed by atoms with E-state index in [0.717, 1.165) is 19.4 Å². The van der Waals surface area contributed by atoms with Crippen molar-refractivity contribution < 1.29 is 14.5 Å². The molecule has 0 radical (unpaired) electrons. The fourth-order valence-electron chi connectivity index (χ4n) is 1.70. The summed E-state index contributed by atoms with van der Waals surface area (Å²) in [6.07, 6.45) is 6.89. The van der Waals surface area contributed by atoms with Gasteiger partial charge in [-0.1, -0.05) is 6.92 Å². The van der Waals surface area contributed by atoms with Crippen LogP contribution in [0.1, 0.15) is 32.0 Å². The Hall–Kier alpha value is -1.32. The van der Waals surface area contributed by atoms with E-state index in [0.29, 0.717) is 6.42 Å². The van der Waals surface area contributed by atoms with Crippen LogP contribution in [0.5, 0.6) is 0 Å². The van der Waals surface area contributed by atoms with Gasteiger partial charge < -0.3 is 9.90 Å². The van der Waals surface area contributed by atoms with Crippen LogP contribution in [0.2, 0.25) is 0 Å². The predicted molar refractivity (Wildman–Crippen MR) is 53.8 cm³/mol. The van der Waals surface area contributed by atoms with Crippen LogP contribution in [0.25, 0.3) is 0 Å². The number of nitrogens with zero attached hydrogens (tertiary/aromatic N) is 2. The molecule has 4 nitrogen and oxygen atoms in total. The van der Waals surface area contributed by atoms with E-state index < -0.39 is 5.97 Å². The Balaban J connectivity index is 2.56. The van der Waals surface area contributed by atoms with Crippen LogP contribution in [0.15, 0.2) is 12.4 Å². The van der Waals surface area contributed by atoms with Crippen LogP contribution < -0.4 is 9.67 Å². The van der Waals surface area contributed by atoms with Crippen LogP contribution in [-0.2, 0) is 24.8 Å². The molecule has 1 rings (SSSR count). The third kappa shape index (κ3) is 3.38. The lowest BCUT2D eigenvalue weighted by molar-refractivity contribution is -0.678. The van der Waals surface area contributed by atoms with Gasteiger partial charge in [0.15, 0.2) is 0 Å². The Morgan fingerprint density at radius 1 is 1.60 bits per heavy atom. The van der Waals surface area contributed by atoms with Gasteiger partial charge in [0, 0.05) is 12.4 Å². The number of aliphatic carboxylic acids is 1. The van der Waals surface area contributed by atoms with Gasteiger partial charge >= 0.3 is 0 Å². The Bertz CT molecular complexity index is 331. The van der Waals surface area contributed by atoms with Crippen LogP contribution in [0.3, 0.4) is 0 Å². The molecule has 0 fully saturated rings. The predicted octanol–water partition coefficient (Wildman–Crippen LogP) is -0.205. The van der Waals surface area contributed by atoms with Gasteiger partial charge in [-0.3, -0.25) is 0 Å². The minimum atomic E-state index is -0.969. The van der Waals surface area contributed by atoms with Crippen molar-refractivity contribution in [3.63, 3.8) is 0 Å². The number of carbonyl (C=O) groups excluding carboxylic acids is 1. The van der Waals surface area contributed by atoms with E-state index in [9.17, 15) is 9.90 Å². The first-order chi connectivity index (χ1) is 7.15. The molecule has 0 bridgehead atoms. The van der Waals surface area contributed by atoms with E-state index in [2.05, 4.69) is 16.1 Å². The summed E-state index contributed by atoms with van der Waals surface area (Å²) >= 11 is 0. The van der Waals surface area contributed by atoms with E-state index in [-0.39, 0.29) is 6.42 Å². The third-order valence-corrected chi connectivity index (χ3v) is 2.46. The topological polar surface area (TPSA) is 48.9 Å². The van der Waals surface area contributed by atoms with Crippen LogP contribution in [0, 0.1) is 0 Å². The highest BCUT2D eigenvalue weighted by molar-refractivity contribution is 5.64. The van der Waals surface area contributed by atoms with Gasteiger partial charge in [0.1, 0.15) is 12.4 Å². The van der Waals surface area contributed by atoms with Crippen LogP contribution >= 0.6 is 0 Å². The Kier molecular flexibility index (Phi) is 4.34. The number of hydrogen-bond acceptors (Lipinski definition) is 2. The number of hydrogen-bond donors (Lipinski definition) is 0. The van der Waals surface area contributed by atoms with Crippen molar-refractivity contribution in [1.82, 2.24) is 4.57 Å². The number of aryl methyl sites for hydroxylation is 2. The number of carbonyl (C=O) groups is 1. The molecule has 0 unspecified atom stereocenters. The van der Waals surface area contributed by atoms with Gasteiger partial charge in [0.2, 0.25) is 0 Å². The van der Waals surface area contributed by atoms with Crippen LogP contribution in [-0.4, -0.2) is 10.5 Å². The summed E-state index contributed by atoms with van der Waals surface area (Å²) < 4.78 is 4.20. The maximum Gasteiger partial charge on any atom is 0.256 e. The lowest BCUT2D eigenvalue weighted by Crippen LogP contribution is -2.32. The summed E-state index contributed by atoms with van der Waals surface area (Å²) in [5.74, 6) is 0.277. The Morgan fingerprint density at radius 3 is 2.93 bits per heavy atom. The summed E-state index contributed by atoms with van der Waals surface area (Å²) in [5, 5.41) is 10.3. The summed E-state index contributed by atoms with van der Waals surface area (Å²) in [6.45, 7) is 2.89. The van der Waals surface area contributed by atoms with Crippen molar-refractivity contribution in [2.75, 3.05) is 0 Å². The molecule has 0 N–H and O–H groups in total. The van der Waals surface area contributed by atoms with E-state index in [1.165, 1.54) is 5.82 Å². The molecular formula is C11H18N2O2. The second-order valence-electron chi connectivity index (χ2n) is 3.74. The van der Waals surface area contributed by atoms with E-state index in [1.54, 1.807) is 0 Å². The number of carboxylic acid groups (broad SMARTS) is 1. The largest absolute Gasteiger partial charge is 0.550 e. The summed E-state index contributed by atoms with van der Waals surface area (Å²) in [6, 6.07) is 0. The second-order valence-corrected chi connectivity index (χ2v) is 3.74. The standard InChI is InChI=1S/C11H18N2O2/c1-3-5-10-12(2)8-9-13(10)7-4-6-11(14)15/h8-9H,3-7H2,1-2H3. The molecule has 1 aromatic rings. The molecule has 0 atom stereocenters. The van der Waals surface area contributed by atoms with Gasteiger partial charge in [-0.25, -0.2) is 9.13 Å². The lowest BCUT2D eigenvalue weighted by atomic mass is 10.3. The van der Waals surface area contributed by atoms with Gasteiger partial charge in [0.05, 0.1) is 13.6 Å². The number of carboxylic acids is 1. The minimum absolute atomic E-state index is 0.132. The van der Waals surface area contributed by atoms with Crippen LogP contribution in [0.4, 0.5) is 0 Å². The Labute approximate surface area is 90.2 Å². The fourth-order valence-corrected chi connectivity index (χ4v) is 1.70. The molecule has 1 heterocycles. The molecule has 0 aliphatic rings. The van der Waals surface area contributed by atoms with E-state index >= 15 is 0 Å². The molecule has 15 heavy (non-hydrogen) atoms. The zero-order chi connectivity index (χ0) is 11.3. The first kappa shape index (κ1) is 11.8. The van der Waals surface area contributed by atoms with Gasteiger partial charge in [0.25, 0.3) is 5.82 Å². The molecule has 4 heteroatoms. The summed E-state index contributed by atoms with van der Waals surface area (Å²) in [4.78, 5) is 10.3. The van der Waals surface area contributed by atoms with E-state index in [1.807, 2.05) is 19.4 Å². The maximum atomic E-state index is 10.3. The number of aromatic nitrogens is 2. The van der Waals surface area contributed by atoms with Crippen molar-refractivity contribution >= 4 is 5.97 Å². The van der Waals surface area contributed by atoms with Gasteiger partial charge in [-0.2, -0.15) is 0 Å². The molecule has 0 saturated heterocycles. The van der Waals surface area contributed by atoms with Crippen molar-refractivity contribution in [2.45, 2.75) is 39.2 Å². The normalized spacial score (nSPS) is 10.5. The number of imidazole rings is 1. The SMILES string of the molecule is CCCc1n(CCCC(=O)[O-])cc[n+]1C. The molecule has 0 saturated carbocycles. The molecule has 1 aromatic heterocycles. The second kappa shape index (κ2) is 5.53. The molecule has 84 valence electrons. The lowest BCUT2D eigenvalue weighted by Gasteiger charge is -2.02. The zero-order valence-electron chi connectivity index (χ0n) is 9.40. The van der Waals surface area contributed by atoms with Crippen molar-refractivity contribution in [3.05, 3.63) is 18.2 Å². The first-order valence-electron chi connectivity index (χ1n) is 5.38. The first-order valence-corrected chi connectivity index (χ1v) is 5.38. The molecule has 0 aromatic carbocycles. The maximum absolute atomic E-state index is 10.3. The summed E-state index contributed by atoms with van der Waals surface area (Å²) in [7, 11) is 2.01. The van der Waals surface area contributed by atoms with Gasteiger partial charge in [-0.15, -0.1) is 0 Å². The van der Waals surface area contributed by atoms with Crippen molar-refractivity contribution in [3.8, 4) is 0 Å². The quantitative estimate of drug-likeness (QED) is 0.610. The highest BCUT2D eigenvalue weighted by Gasteiger charge is 2.12. The third-order valence-electron chi connectivity index (χ3n) is 2.46. The average molecular weight is 210 g/mol. The van der Waals surface area contributed by atoms with Gasteiger partial charge in [-0.05, 0) is 19.3 Å². The molecule has 0 spiro atoms. The smallest absolute Gasteiger partial charge is 0.256 e. The monoisotopic (exact) mass is 210 g/mol. The molecule has 0 amide bonds. The highest BCUT2D eigenvalue weighted by Crippen LogP contribution is 2.02. The molecule has 0 aliphatic heterocycles. The fraction of sp³-hybridized carbons (Fsp3) is 0.636. The number of rotatable bonds is 6. The zero-order valence-corrected chi connectivity index (χ0v) is 9.40. The van der Waals surface area contributed by atoms with Crippen molar-refractivity contribution in [2.24, 2.45) is 7.05 Å². The minimum Gasteiger partial charge on any atom is -0.550 e. The molecule has 0 aliphatic carbocycles.